The lowest BCUT2D eigenvalue weighted by molar-refractivity contribution is 0.164. The fourth-order valence-electron chi connectivity index (χ4n) is 1.45. The van der Waals surface area contributed by atoms with Crippen LogP contribution in [0.1, 0.15) is 6.42 Å². The van der Waals surface area contributed by atoms with E-state index < -0.39 is 11.6 Å². The highest BCUT2D eigenvalue weighted by atomic mass is 19.1. The Kier molecular flexibility index (Phi) is 2.25. The van der Waals surface area contributed by atoms with Crippen molar-refractivity contribution in [2.24, 2.45) is 0 Å². The molecule has 1 aliphatic heterocycles. The maximum Gasteiger partial charge on any atom is 0.153 e. The molecule has 14 heavy (non-hydrogen) atoms. The second-order valence-electron chi connectivity index (χ2n) is 3.12. The van der Waals surface area contributed by atoms with E-state index in [-0.39, 0.29) is 11.4 Å². The summed E-state index contributed by atoms with van der Waals surface area (Å²) in [6, 6.07) is 2.17. The fourth-order valence-corrected chi connectivity index (χ4v) is 1.45. The highest BCUT2D eigenvalue weighted by molar-refractivity contribution is 5.54. The molecular weight excluding hydrogens is 190 g/mol. The Hall–Kier alpha value is -1.36. The number of anilines is 2. The molecule has 1 aliphatic rings. The molecule has 1 aromatic rings. The Labute approximate surface area is 80.0 Å². The van der Waals surface area contributed by atoms with Crippen LogP contribution in [0, 0.1) is 11.6 Å². The van der Waals surface area contributed by atoms with Gasteiger partial charge in [0.05, 0.1) is 6.61 Å². The Balaban J connectivity index is 2.40. The second-order valence-corrected chi connectivity index (χ2v) is 3.12. The van der Waals surface area contributed by atoms with Gasteiger partial charge in [-0.15, -0.1) is 0 Å². The van der Waals surface area contributed by atoms with Crippen LogP contribution in [0.15, 0.2) is 12.1 Å². The summed E-state index contributed by atoms with van der Waals surface area (Å²) in [7, 11) is 0. The maximum absolute atomic E-state index is 13.3. The van der Waals surface area contributed by atoms with Crippen molar-refractivity contribution >= 4 is 11.4 Å². The van der Waals surface area contributed by atoms with Crippen LogP contribution in [0.3, 0.4) is 0 Å². The highest BCUT2D eigenvalue weighted by Gasteiger charge is 2.21. The van der Waals surface area contributed by atoms with Crippen molar-refractivity contribution < 1.29 is 13.6 Å². The van der Waals surface area contributed by atoms with E-state index >= 15 is 0 Å². The van der Waals surface area contributed by atoms with Gasteiger partial charge in [0.15, 0.2) is 11.6 Å². The molecule has 76 valence electrons. The molecule has 2 rings (SSSR count). The molecule has 0 spiro atoms. The van der Waals surface area contributed by atoms with Crippen molar-refractivity contribution in [2.45, 2.75) is 6.42 Å². The zero-order valence-corrected chi connectivity index (χ0v) is 7.46. The number of halogens is 2. The number of hydroxylamine groups is 1. The summed E-state index contributed by atoms with van der Waals surface area (Å²) < 4.78 is 26.6. The normalized spacial score (nSPS) is 16.3. The van der Waals surface area contributed by atoms with Gasteiger partial charge in [0.25, 0.3) is 0 Å². The van der Waals surface area contributed by atoms with E-state index in [0.717, 1.165) is 18.6 Å². The number of nitrogens with zero attached hydrogens (tertiary/aromatic N) is 1. The van der Waals surface area contributed by atoms with Crippen LogP contribution < -0.4 is 10.8 Å². The molecule has 0 aliphatic carbocycles. The highest BCUT2D eigenvalue weighted by Crippen LogP contribution is 2.28. The molecular formula is C9H10F2N2O. The number of hydrogen-bond acceptors (Lipinski definition) is 3. The first-order chi connectivity index (χ1) is 6.68. The smallest absolute Gasteiger partial charge is 0.153 e. The molecule has 3 nitrogen and oxygen atoms in total. The van der Waals surface area contributed by atoms with Crippen LogP contribution in [0.5, 0.6) is 0 Å². The first-order valence-corrected chi connectivity index (χ1v) is 4.33. The second kappa shape index (κ2) is 3.42. The number of hydrogen-bond donors (Lipinski definition) is 1. The monoisotopic (exact) mass is 200 g/mol. The molecule has 1 heterocycles. The Morgan fingerprint density at radius 2 is 1.93 bits per heavy atom. The molecule has 0 bridgehead atoms. The van der Waals surface area contributed by atoms with Gasteiger partial charge in [-0.3, -0.25) is 4.84 Å². The summed E-state index contributed by atoms with van der Waals surface area (Å²) >= 11 is 0. The van der Waals surface area contributed by atoms with E-state index in [4.69, 9.17) is 10.6 Å². The van der Waals surface area contributed by atoms with Gasteiger partial charge in [0.1, 0.15) is 5.69 Å². The van der Waals surface area contributed by atoms with Crippen LogP contribution in [0.4, 0.5) is 20.2 Å². The lowest BCUT2D eigenvalue weighted by atomic mass is 10.2. The number of nitrogen functional groups attached to an aromatic ring is 1. The molecule has 1 saturated heterocycles. The van der Waals surface area contributed by atoms with Crippen molar-refractivity contribution in [3.63, 3.8) is 0 Å². The van der Waals surface area contributed by atoms with Crippen molar-refractivity contribution in [3.8, 4) is 0 Å². The maximum atomic E-state index is 13.3. The van der Waals surface area contributed by atoms with E-state index in [1.165, 1.54) is 5.06 Å². The zero-order chi connectivity index (χ0) is 10.1. The van der Waals surface area contributed by atoms with Gasteiger partial charge >= 0.3 is 0 Å². The molecule has 0 radical (unpaired) electrons. The molecule has 0 aromatic heterocycles. The fraction of sp³-hybridized carbons (Fsp3) is 0.333. The van der Waals surface area contributed by atoms with Gasteiger partial charge < -0.3 is 5.73 Å². The molecule has 0 saturated carbocycles. The van der Waals surface area contributed by atoms with Crippen LogP contribution in [0.25, 0.3) is 0 Å². The lowest BCUT2D eigenvalue weighted by Crippen LogP contribution is -2.19. The van der Waals surface area contributed by atoms with Crippen LogP contribution in [-0.2, 0) is 4.84 Å². The molecule has 0 amide bonds. The predicted octanol–water partition coefficient (Wildman–Crippen LogP) is 1.69. The lowest BCUT2D eigenvalue weighted by Gasteiger charge is -2.17. The summed E-state index contributed by atoms with van der Waals surface area (Å²) in [4.78, 5) is 5.05. The SMILES string of the molecule is Nc1cc(F)c(N2CCCO2)c(F)c1. The average Bonchev–Trinajstić information content (AvgIpc) is 2.54. The van der Waals surface area contributed by atoms with E-state index in [2.05, 4.69) is 0 Å². The van der Waals surface area contributed by atoms with Crippen molar-refractivity contribution in [2.75, 3.05) is 23.9 Å². The van der Waals surface area contributed by atoms with Crippen molar-refractivity contribution in [3.05, 3.63) is 23.8 Å². The quantitative estimate of drug-likeness (QED) is 0.701. The molecule has 1 fully saturated rings. The third kappa shape index (κ3) is 1.50. The molecule has 5 heteroatoms. The van der Waals surface area contributed by atoms with Gasteiger partial charge in [-0.2, -0.15) is 0 Å². The molecule has 0 atom stereocenters. The number of benzene rings is 1. The largest absolute Gasteiger partial charge is 0.399 e. The summed E-state index contributed by atoms with van der Waals surface area (Å²) in [5.74, 6) is -1.38. The van der Waals surface area contributed by atoms with Gasteiger partial charge in [-0.25, -0.2) is 13.8 Å². The van der Waals surface area contributed by atoms with E-state index in [1.807, 2.05) is 0 Å². The van der Waals surface area contributed by atoms with Crippen molar-refractivity contribution in [1.82, 2.24) is 0 Å². The van der Waals surface area contributed by atoms with Crippen LogP contribution >= 0.6 is 0 Å². The van der Waals surface area contributed by atoms with Crippen LogP contribution in [0.2, 0.25) is 0 Å². The Morgan fingerprint density at radius 1 is 1.29 bits per heavy atom. The minimum atomic E-state index is -0.690. The van der Waals surface area contributed by atoms with Gasteiger partial charge in [0, 0.05) is 12.2 Å². The van der Waals surface area contributed by atoms with Gasteiger partial charge in [0.2, 0.25) is 0 Å². The van der Waals surface area contributed by atoms with E-state index in [0.29, 0.717) is 13.2 Å². The standard InChI is InChI=1S/C9H10F2N2O/c10-7-4-6(12)5-8(11)9(7)13-2-1-3-14-13/h4-5H,1-3,12H2. The van der Waals surface area contributed by atoms with E-state index in [1.54, 1.807) is 0 Å². The predicted molar refractivity (Wildman–Crippen MR) is 48.7 cm³/mol. The molecule has 1 aromatic carbocycles. The Bertz CT molecular complexity index is 328. The first-order valence-electron chi connectivity index (χ1n) is 4.33. The van der Waals surface area contributed by atoms with E-state index in [9.17, 15) is 8.78 Å². The molecule has 2 N–H and O–H groups in total. The van der Waals surface area contributed by atoms with Crippen LogP contribution in [-0.4, -0.2) is 13.2 Å². The third-order valence-corrected chi connectivity index (χ3v) is 2.04. The summed E-state index contributed by atoms with van der Waals surface area (Å²) in [6.45, 7) is 0.987. The van der Waals surface area contributed by atoms with Crippen molar-refractivity contribution in [1.29, 1.82) is 0 Å². The summed E-state index contributed by atoms with van der Waals surface area (Å²) in [6.07, 6.45) is 0.767. The minimum absolute atomic E-state index is 0.0722. The average molecular weight is 200 g/mol. The number of rotatable bonds is 1. The third-order valence-electron chi connectivity index (χ3n) is 2.04. The zero-order valence-electron chi connectivity index (χ0n) is 7.46. The summed E-state index contributed by atoms with van der Waals surface area (Å²) in [5, 5.41) is 1.23. The molecule has 0 unspecified atom stereocenters. The topological polar surface area (TPSA) is 38.5 Å². The first kappa shape index (κ1) is 9.21. The Morgan fingerprint density at radius 3 is 2.43 bits per heavy atom. The minimum Gasteiger partial charge on any atom is -0.399 e. The summed E-state index contributed by atoms with van der Waals surface area (Å²) in [5.41, 5.74) is 5.20. The van der Waals surface area contributed by atoms with Gasteiger partial charge in [-0.1, -0.05) is 0 Å². The van der Waals surface area contributed by atoms with Gasteiger partial charge in [-0.05, 0) is 18.6 Å². The number of nitrogens with two attached hydrogens (primary N) is 1.